The van der Waals surface area contributed by atoms with Gasteiger partial charge in [-0.2, -0.15) is 0 Å². The first kappa shape index (κ1) is 27.4. The van der Waals surface area contributed by atoms with E-state index in [4.69, 9.17) is 4.74 Å². The van der Waals surface area contributed by atoms with Gasteiger partial charge in [-0.15, -0.1) is 11.8 Å². The van der Waals surface area contributed by atoms with Crippen LogP contribution in [0.2, 0.25) is 0 Å². The zero-order chi connectivity index (χ0) is 23.3. The normalized spacial score (nSPS) is 11.7. The summed E-state index contributed by atoms with van der Waals surface area (Å²) in [5.41, 5.74) is 1.72. The number of Topliss-reactive ketones (excluding diaryl/α,β-unsaturated/α-hetero) is 1. The standard InChI is InChI=1S/C14H19NO3.C10H14OS/c1-10(16)15-9-11-5-7-12(8-6-11)13(17)18-14(2,3)4;1-5-6-7-10(8(2)11)9(3)12-4/h5-8H,9H2,1-4H3,(H,15,16);5-7H,1H2,2-4H3/b;7-6-,10-9-. The van der Waals surface area contributed by atoms with Gasteiger partial charge in [-0.3, -0.25) is 9.59 Å². The molecule has 1 rings (SSSR count). The van der Waals surface area contributed by atoms with Gasteiger partial charge in [0.05, 0.1) is 5.56 Å². The number of hydrogen-bond acceptors (Lipinski definition) is 5. The molecule has 0 radical (unpaired) electrons. The maximum atomic E-state index is 11.7. The monoisotopic (exact) mass is 431 g/mol. The van der Waals surface area contributed by atoms with Crippen LogP contribution in [-0.2, 0) is 20.9 Å². The first-order valence-corrected chi connectivity index (χ1v) is 10.7. The molecule has 30 heavy (non-hydrogen) atoms. The molecule has 5 nitrogen and oxygen atoms in total. The van der Waals surface area contributed by atoms with Gasteiger partial charge in [0.15, 0.2) is 5.78 Å². The minimum atomic E-state index is -0.494. The minimum Gasteiger partial charge on any atom is -0.456 e. The van der Waals surface area contributed by atoms with E-state index in [-0.39, 0.29) is 17.7 Å². The number of nitrogens with one attached hydrogen (secondary N) is 1. The van der Waals surface area contributed by atoms with Crippen molar-refractivity contribution in [2.24, 2.45) is 0 Å². The molecule has 0 unspecified atom stereocenters. The fourth-order valence-electron chi connectivity index (χ4n) is 2.08. The fraction of sp³-hybridized carbons (Fsp3) is 0.375. The van der Waals surface area contributed by atoms with Crippen molar-refractivity contribution >= 4 is 29.4 Å². The van der Waals surface area contributed by atoms with Gasteiger partial charge in [-0.05, 0) is 63.5 Å². The summed E-state index contributed by atoms with van der Waals surface area (Å²) in [7, 11) is 0. The van der Waals surface area contributed by atoms with Crippen LogP contribution in [0.4, 0.5) is 0 Å². The molecule has 0 atom stereocenters. The van der Waals surface area contributed by atoms with Crippen molar-refractivity contribution in [2.75, 3.05) is 6.26 Å². The lowest BCUT2D eigenvalue weighted by molar-refractivity contribution is -0.119. The third kappa shape index (κ3) is 12.1. The Kier molecular flexibility index (Phi) is 12.4. The number of ether oxygens (including phenoxy) is 1. The Morgan fingerprint density at radius 2 is 1.67 bits per heavy atom. The van der Waals surface area contributed by atoms with Crippen molar-refractivity contribution in [2.45, 2.75) is 53.7 Å². The van der Waals surface area contributed by atoms with Gasteiger partial charge >= 0.3 is 5.97 Å². The van der Waals surface area contributed by atoms with Gasteiger partial charge in [0, 0.05) is 19.0 Å². The summed E-state index contributed by atoms with van der Waals surface area (Å²) in [5, 5.41) is 2.69. The zero-order valence-corrected chi connectivity index (χ0v) is 19.8. The molecular formula is C24H33NO4S. The second-order valence-corrected chi connectivity index (χ2v) is 8.45. The van der Waals surface area contributed by atoms with Crippen molar-refractivity contribution in [3.63, 3.8) is 0 Å². The average Bonchev–Trinajstić information content (AvgIpc) is 2.65. The molecule has 164 valence electrons. The Labute approximate surface area is 184 Å². The van der Waals surface area contributed by atoms with E-state index in [2.05, 4.69) is 11.9 Å². The van der Waals surface area contributed by atoms with Gasteiger partial charge in [-0.25, -0.2) is 4.79 Å². The third-order valence-corrected chi connectivity index (χ3v) is 4.43. The molecule has 0 heterocycles. The molecule has 0 aromatic heterocycles. The van der Waals surface area contributed by atoms with Crippen molar-refractivity contribution in [1.29, 1.82) is 0 Å². The maximum Gasteiger partial charge on any atom is 0.338 e. The summed E-state index contributed by atoms with van der Waals surface area (Å²) in [6, 6.07) is 7.00. The number of hydrogen-bond donors (Lipinski definition) is 1. The van der Waals surface area contributed by atoms with E-state index < -0.39 is 5.60 Å². The van der Waals surface area contributed by atoms with Gasteiger partial charge in [0.1, 0.15) is 5.60 Å². The van der Waals surface area contributed by atoms with Crippen LogP contribution in [-0.4, -0.2) is 29.5 Å². The van der Waals surface area contributed by atoms with Crippen molar-refractivity contribution < 1.29 is 19.1 Å². The molecule has 0 saturated carbocycles. The first-order chi connectivity index (χ1) is 13.9. The lowest BCUT2D eigenvalue weighted by Gasteiger charge is -2.19. The van der Waals surface area contributed by atoms with Crippen LogP contribution >= 0.6 is 11.8 Å². The molecule has 1 aromatic rings. The zero-order valence-electron chi connectivity index (χ0n) is 19.0. The summed E-state index contributed by atoms with van der Waals surface area (Å²) in [6.07, 6.45) is 7.19. The molecule has 1 amide bonds. The van der Waals surface area contributed by atoms with Crippen molar-refractivity contribution in [3.05, 3.63) is 70.7 Å². The summed E-state index contributed by atoms with van der Waals surface area (Å²) < 4.78 is 5.25. The van der Waals surface area contributed by atoms with E-state index in [1.807, 2.05) is 34.0 Å². The van der Waals surface area contributed by atoms with E-state index in [0.717, 1.165) is 16.0 Å². The Morgan fingerprint density at radius 3 is 2.07 bits per heavy atom. The molecule has 0 aliphatic heterocycles. The number of carbonyl (C=O) groups excluding carboxylic acids is 3. The van der Waals surface area contributed by atoms with E-state index in [1.54, 1.807) is 61.2 Å². The Morgan fingerprint density at radius 1 is 1.10 bits per heavy atom. The van der Waals surface area contributed by atoms with E-state index in [0.29, 0.717) is 12.1 Å². The highest BCUT2D eigenvalue weighted by Crippen LogP contribution is 2.17. The van der Waals surface area contributed by atoms with Gasteiger partial charge < -0.3 is 10.1 Å². The number of thioether (sulfide) groups is 1. The van der Waals surface area contributed by atoms with E-state index >= 15 is 0 Å². The number of carbonyl (C=O) groups is 3. The third-order valence-electron chi connectivity index (χ3n) is 3.59. The number of allylic oxidation sites excluding steroid dienone is 5. The summed E-state index contributed by atoms with van der Waals surface area (Å²) >= 11 is 1.58. The van der Waals surface area contributed by atoms with E-state index in [9.17, 15) is 14.4 Å². The average molecular weight is 432 g/mol. The van der Waals surface area contributed by atoms with Crippen LogP contribution in [0.25, 0.3) is 0 Å². The second kappa shape index (κ2) is 13.6. The molecule has 1 N–H and O–H groups in total. The Hall–Kier alpha value is -2.60. The van der Waals surface area contributed by atoms with Crippen LogP contribution in [0.15, 0.2) is 59.6 Å². The molecule has 0 spiro atoms. The first-order valence-electron chi connectivity index (χ1n) is 9.53. The Bertz CT molecular complexity index is 799. The fourth-order valence-corrected chi connectivity index (χ4v) is 2.51. The smallest absolute Gasteiger partial charge is 0.338 e. The largest absolute Gasteiger partial charge is 0.456 e. The lowest BCUT2D eigenvalue weighted by atomic mass is 10.1. The second-order valence-electron chi connectivity index (χ2n) is 7.43. The quantitative estimate of drug-likeness (QED) is 0.363. The van der Waals surface area contributed by atoms with Gasteiger partial charge in [-0.1, -0.05) is 36.9 Å². The number of benzene rings is 1. The summed E-state index contributed by atoms with van der Waals surface area (Å²) in [5.74, 6) is -0.320. The van der Waals surface area contributed by atoms with Crippen LogP contribution in [0.5, 0.6) is 0 Å². The highest BCUT2D eigenvalue weighted by molar-refractivity contribution is 8.02. The van der Waals surface area contributed by atoms with E-state index in [1.165, 1.54) is 6.92 Å². The highest BCUT2D eigenvalue weighted by Gasteiger charge is 2.17. The topological polar surface area (TPSA) is 72.5 Å². The molecule has 0 aliphatic carbocycles. The predicted molar refractivity (Wildman–Crippen MR) is 125 cm³/mol. The van der Waals surface area contributed by atoms with Crippen molar-refractivity contribution in [1.82, 2.24) is 5.32 Å². The highest BCUT2D eigenvalue weighted by atomic mass is 32.2. The SMILES string of the molecule is C=C/C=C\C(C(C)=O)=C(/C)SC.CC(=O)NCc1ccc(C(=O)OC(C)(C)C)cc1. The maximum absolute atomic E-state index is 11.7. The molecule has 0 fully saturated rings. The molecule has 0 bridgehead atoms. The number of amides is 1. The number of esters is 1. The van der Waals surface area contributed by atoms with Crippen LogP contribution in [0.1, 0.15) is 57.5 Å². The van der Waals surface area contributed by atoms with Crippen LogP contribution in [0, 0.1) is 0 Å². The van der Waals surface area contributed by atoms with Crippen LogP contribution < -0.4 is 5.32 Å². The summed E-state index contributed by atoms with van der Waals surface area (Å²) in [4.78, 5) is 34.6. The van der Waals surface area contributed by atoms with Crippen LogP contribution in [0.3, 0.4) is 0 Å². The van der Waals surface area contributed by atoms with Gasteiger partial charge in [0.25, 0.3) is 0 Å². The molecule has 0 aliphatic rings. The molecular weight excluding hydrogens is 398 g/mol. The Balaban J connectivity index is 0.000000612. The molecule has 0 saturated heterocycles. The number of ketones is 1. The molecule has 1 aromatic carbocycles. The number of rotatable bonds is 7. The predicted octanol–water partition coefficient (Wildman–Crippen LogP) is 5.23. The summed E-state index contributed by atoms with van der Waals surface area (Å²) in [6.45, 7) is 14.5. The lowest BCUT2D eigenvalue weighted by Crippen LogP contribution is -2.24. The van der Waals surface area contributed by atoms with Crippen molar-refractivity contribution in [3.8, 4) is 0 Å². The van der Waals surface area contributed by atoms with Gasteiger partial charge in [0.2, 0.25) is 5.91 Å². The minimum absolute atomic E-state index is 0.0776. The molecule has 6 heteroatoms.